The molecular weight excluding hydrogens is 282 g/mol. The third-order valence-electron chi connectivity index (χ3n) is 4.96. The molecule has 0 aliphatic heterocycles. The average molecular weight is 302 g/mol. The van der Waals surface area contributed by atoms with Gasteiger partial charge in [-0.3, -0.25) is 4.98 Å². The summed E-state index contributed by atoms with van der Waals surface area (Å²) in [6.07, 6.45) is 7.90. The van der Waals surface area contributed by atoms with Crippen LogP contribution in [0.2, 0.25) is 0 Å². The van der Waals surface area contributed by atoms with Crippen molar-refractivity contribution in [2.45, 2.75) is 26.2 Å². The monoisotopic (exact) mass is 301 g/mol. The molecule has 2 heterocycles. The van der Waals surface area contributed by atoms with Crippen molar-refractivity contribution in [3.05, 3.63) is 52.8 Å². The smallest absolute Gasteiger partial charge is 0.0881 e. The van der Waals surface area contributed by atoms with Crippen molar-refractivity contribution in [3.63, 3.8) is 0 Å². The average Bonchev–Trinajstić information content (AvgIpc) is 2.93. The minimum Gasteiger partial charge on any atom is -0.360 e. The zero-order valence-corrected chi connectivity index (χ0v) is 13.3. The summed E-state index contributed by atoms with van der Waals surface area (Å²) >= 11 is 6.44. The number of hydrogen-bond donors (Lipinski definition) is 2. The van der Waals surface area contributed by atoms with Crippen LogP contribution >= 0.6 is 11.6 Å². The lowest BCUT2D eigenvalue weighted by molar-refractivity contribution is 0.267. The van der Waals surface area contributed by atoms with Crippen molar-refractivity contribution in [1.29, 1.82) is 0 Å². The van der Waals surface area contributed by atoms with E-state index in [1.165, 1.54) is 0 Å². The lowest BCUT2D eigenvalue weighted by atomic mass is 9.56. The molecule has 2 aromatic heterocycles. The second-order valence-electron chi connectivity index (χ2n) is 6.23. The molecule has 1 aliphatic rings. The van der Waals surface area contributed by atoms with Gasteiger partial charge in [0.2, 0.25) is 0 Å². The first-order valence-corrected chi connectivity index (χ1v) is 7.50. The quantitative estimate of drug-likeness (QED) is 0.884. The molecule has 1 aliphatic carbocycles. The highest BCUT2D eigenvalue weighted by Crippen LogP contribution is 2.52. The van der Waals surface area contributed by atoms with E-state index in [-0.39, 0.29) is 10.8 Å². The highest BCUT2D eigenvalue weighted by Gasteiger charge is 2.48. The zero-order valence-electron chi connectivity index (χ0n) is 12.6. The molecule has 3 nitrogen and oxygen atoms in total. The molecule has 0 fully saturated rings. The number of nitrogens with two attached hydrogens (primary N) is 1. The molecule has 1 atom stereocenters. The maximum absolute atomic E-state index is 6.44. The van der Waals surface area contributed by atoms with Crippen molar-refractivity contribution >= 4 is 22.6 Å². The second-order valence-corrected chi connectivity index (χ2v) is 6.64. The molecule has 3 rings (SSSR count). The predicted molar refractivity (Wildman–Crippen MR) is 88.3 cm³/mol. The SMILES string of the molecule is CC1=C(Cl)C=CC(C)(C)C1(CN)c1ccnc2cc[nH]c12. The Hall–Kier alpha value is -1.58. The van der Waals surface area contributed by atoms with Gasteiger partial charge in [0.25, 0.3) is 0 Å². The molecule has 0 saturated carbocycles. The summed E-state index contributed by atoms with van der Waals surface area (Å²) < 4.78 is 0. The molecule has 3 N–H and O–H groups in total. The Labute approximate surface area is 129 Å². The van der Waals surface area contributed by atoms with Crippen molar-refractivity contribution in [2.75, 3.05) is 6.54 Å². The maximum Gasteiger partial charge on any atom is 0.0881 e. The van der Waals surface area contributed by atoms with E-state index in [2.05, 4.69) is 42.9 Å². The van der Waals surface area contributed by atoms with Crippen molar-refractivity contribution in [3.8, 4) is 0 Å². The van der Waals surface area contributed by atoms with Crippen LogP contribution in [0.5, 0.6) is 0 Å². The Kier molecular flexibility index (Phi) is 3.23. The highest BCUT2D eigenvalue weighted by atomic mass is 35.5. The zero-order chi connectivity index (χ0) is 15.3. The fourth-order valence-corrected chi connectivity index (χ4v) is 3.85. The van der Waals surface area contributed by atoms with E-state index < -0.39 is 0 Å². The van der Waals surface area contributed by atoms with Crippen LogP contribution in [0.1, 0.15) is 26.3 Å². The number of pyridine rings is 1. The molecule has 0 aromatic carbocycles. The summed E-state index contributed by atoms with van der Waals surface area (Å²) in [6.45, 7) is 6.98. The summed E-state index contributed by atoms with van der Waals surface area (Å²) in [6, 6.07) is 4.04. The lowest BCUT2D eigenvalue weighted by Crippen LogP contribution is -2.49. The Morgan fingerprint density at radius 1 is 1.33 bits per heavy atom. The third kappa shape index (κ3) is 1.81. The van der Waals surface area contributed by atoms with E-state index in [1.54, 1.807) is 0 Å². The van der Waals surface area contributed by atoms with Gasteiger partial charge in [-0.2, -0.15) is 0 Å². The number of nitrogens with one attached hydrogen (secondary N) is 1. The van der Waals surface area contributed by atoms with Crippen LogP contribution in [0.25, 0.3) is 11.0 Å². The molecule has 0 saturated heterocycles. The maximum atomic E-state index is 6.44. The van der Waals surface area contributed by atoms with Crippen molar-refractivity contribution in [2.24, 2.45) is 11.1 Å². The van der Waals surface area contributed by atoms with Crippen LogP contribution in [0, 0.1) is 5.41 Å². The number of aromatic amines is 1. The lowest BCUT2D eigenvalue weighted by Gasteiger charge is -2.48. The van der Waals surface area contributed by atoms with Crippen LogP contribution in [0.4, 0.5) is 0 Å². The first-order chi connectivity index (χ1) is 9.94. The summed E-state index contributed by atoms with van der Waals surface area (Å²) in [5.41, 5.74) is 10.1. The van der Waals surface area contributed by atoms with Gasteiger partial charge in [0.1, 0.15) is 0 Å². The Bertz CT molecular complexity index is 754. The van der Waals surface area contributed by atoms with Crippen molar-refractivity contribution in [1.82, 2.24) is 9.97 Å². The van der Waals surface area contributed by atoms with Crippen LogP contribution < -0.4 is 5.73 Å². The molecule has 4 heteroatoms. The van der Waals surface area contributed by atoms with E-state index in [0.717, 1.165) is 27.2 Å². The fourth-order valence-electron chi connectivity index (χ4n) is 3.63. The van der Waals surface area contributed by atoms with Gasteiger partial charge >= 0.3 is 0 Å². The molecule has 0 bridgehead atoms. The summed E-state index contributed by atoms with van der Waals surface area (Å²) in [5.74, 6) is 0. The molecule has 110 valence electrons. The second kappa shape index (κ2) is 4.72. The van der Waals surface area contributed by atoms with Crippen molar-refractivity contribution < 1.29 is 0 Å². The first-order valence-electron chi connectivity index (χ1n) is 7.13. The topological polar surface area (TPSA) is 54.7 Å². The van der Waals surface area contributed by atoms with Gasteiger partial charge < -0.3 is 10.7 Å². The number of halogens is 1. The third-order valence-corrected chi connectivity index (χ3v) is 5.37. The molecule has 0 spiro atoms. The Morgan fingerprint density at radius 2 is 2.10 bits per heavy atom. The largest absolute Gasteiger partial charge is 0.360 e. The number of fused-ring (bicyclic) bond motifs is 1. The van der Waals surface area contributed by atoms with Crippen LogP contribution in [0.3, 0.4) is 0 Å². The van der Waals surface area contributed by atoms with Gasteiger partial charge in [-0.25, -0.2) is 0 Å². The molecule has 1 unspecified atom stereocenters. The minimum atomic E-state index is -0.342. The van der Waals surface area contributed by atoms with Crippen LogP contribution in [-0.2, 0) is 5.41 Å². The molecule has 0 amide bonds. The number of rotatable bonds is 2. The predicted octanol–water partition coefficient (Wildman–Crippen LogP) is 3.87. The minimum absolute atomic E-state index is 0.135. The molecule has 0 radical (unpaired) electrons. The summed E-state index contributed by atoms with van der Waals surface area (Å²) in [5, 5.41) is 0.774. The number of aromatic nitrogens is 2. The number of allylic oxidation sites excluding steroid dienone is 3. The van der Waals surface area contributed by atoms with Gasteiger partial charge in [-0.05, 0) is 41.7 Å². The standard InChI is InChI=1S/C17H20ClN3/c1-11-13(18)4-7-16(2,3)17(11,10-19)12-5-8-20-14-6-9-21-15(12)14/h4-9,21H,10,19H2,1-3H3. The van der Waals surface area contributed by atoms with Crippen LogP contribution in [-0.4, -0.2) is 16.5 Å². The number of H-pyrrole nitrogens is 1. The fraction of sp³-hybridized carbons (Fsp3) is 0.353. The van der Waals surface area contributed by atoms with E-state index in [9.17, 15) is 0 Å². The Balaban J connectivity index is 2.39. The van der Waals surface area contributed by atoms with Gasteiger partial charge in [-0.1, -0.05) is 31.5 Å². The molecule has 21 heavy (non-hydrogen) atoms. The van der Waals surface area contributed by atoms with Gasteiger partial charge in [0, 0.05) is 29.4 Å². The molecule has 2 aromatic rings. The van der Waals surface area contributed by atoms with E-state index in [1.807, 2.05) is 24.5 Å². The normalized spacial score (nSPS) is 24.8. The van der Waals surface area contributed by atoms with Crippen LogP contribution in [0.15, 0.2) is 47.3 Å². The number of hydrogen-bond acceptors (Lipinski definition) is 2. The first kappa shape index (κ1) is 14.4. The van der Waals surface area contributed by atoms with Gasteiger partial charge in [-0.15, -0.1) is 0 Å². The van der Waals surface area contributed by atoms with E-state index >= 15 is 0 Å². The summed E-state index contributed by atoms with van der Waals surface area (Å²) in [7, 11) is 0. The summed E-state index contributed by atoms with van der Waals surface area (Å²) in [4.78, 5) is 7.72. The van der Waals surface area contributed by atoms with Gasteiger partial charge in [0.15, 0.2) is 0 Å². The van der Waals surface area contributed by atoms with E-state index in [4.69, 9.17) is 17.3 Å². The van der Waals surface area contributed by atoms with E-state index in [0.29, 0.717) is 6.54 Å². The highest BCUT2D eigenvalue weighted by molar-refractivity contribution is 6.31. The Morgan fingerprint density at radius 3 is 2.81 bits per heavy atom. The molecular formula is C17H20ClN3. The van der Waals surface area contributed by atoms with Gasteiger partial charge in [0.05, 0.1) is 11.0 Å². The number of nitrogens with zero attached hydrogens (tertiary/aromatic N) is 1.